The van der Waals surface area contributed by atoms with Gasteiger partial charge in [0.05, 0.1) is 25.4 Å². The van der Waals surface area contributed by atoms with E-state index < -0.39 is 0 Å². The second kappa shape index (κ2) is 10.2. The van der Waals surface area contributed by atoms with E-state index in [0.29, 0.717) is 0 Å². The summed E-state index contributed by atoms with van der Waals surface area (Å²) in [5, 5.41) is 6.35. The Kier molecular flexibility index (Phi) is 7.63. The van der Waals surface area contributed by atoms with Gasteiger partial charge in [0.2, 0.25) is 0 Å². The molecule has 28 heavy (non-hydrogen) atoms. The van der Waals surface area contributed by atoms with Gasteiger partial charge in [-0.25, -0.2) is 0 Å². The van der Waals surface area contributed by atoms with E-state index in [9.17, 15) is 0 Å². The number of likely N-dealkylation sites (N-methyl/N-ethyl adjacent to an activating group) is 2. The Balaban J connectivity index is 0.000000161. The van der Waals surface area contributed by atoms with Gasteiger partial charge in [0, 0.05) is 13.1 Å². The van der Waals surface area contributed by atoms with Crippen LogP contribution in [0.4, 0.5) is 0 Å². The van der Waals surface area contributed by atoms with Crippen molar-refractivity contribution in [1.82, 2.24) is 10.6 Å². The number of nitrogens with one attached hydrogen (secondary N) is 2. The Morgan fingerprint density at radius 2 is 1.18 bits per heavy atom. The predicted octanol–water partition coefficient (Wildman–Crippen LogP) is 3.66. The molecule has 0 saturated carbocycles. The molecule has 2 aliphatic rings. The topological polar surface area (TPSA) is 42.5 Å². The summed E-state index contributed by atoms with van der Waals surface area (Å²) in [7, 11) is 3.93. The minimum Gasteiger partial charge on any atom is -0.372 e. The molecule has 0 aliphatic carbocycles. The van der Waals surface area contributed by atoms with Crippen molar-refractivity contribution in [3.8, 4) is 0 Å². The molecular weight excluding hydrogens is 348 g/mol. The number of rotatable bonds is 4. The number of ether oxygens (including phenoxy) is 2. The molecule has 2 heterocycles. The molecule has 4 nitrogen and oxygen atoms in total. The first kappa shape index (κ1) is 21.0. The van der Waals surface area contributed by atoms with Gasteiger partial charge in [-0.2, -0.15) is 0 Å². The van der Waals surface area contributed by atoms with E-state index in [1.165, 1.54) is 33.4 Å². The fourth-order valence-electron chi connectivity index (χ4n) is 4.23. The predicted molar refractivity (Wildman–Crippen MR) is 115 cm³/mol. The molecule has 0 amide bonds. The number of hydrogen-bond acceptors (Lipinski definition) is 4. The third-order valence-electron chi connectivity index (χ3n) is 5.71. The molecule has 0 radical (unpaired) electrons. The van der Waals surface area contributed by atoms with Crippen LogP contribution in [-0.4, -0.2) is 40.4 Å². The molecule has 4 heteroatoms. The highest BCUT2D eigenvalue weighted by atomic mass is 16.5. The first-order valence-corrected chi connectivity index (χ1v) is 10.3. The first-order chi connectivity index (χ1) is 13.7. The first-order valence-electron chi connectivity index (χ1n) is 10.3. The maximum atomic E-state index is 5.74. The van der Waals surface area contributed by atoms with Crippen LogP contribution in [0, 0.1) is 13.8 Å². The van der Waals surface area contributed by atoms with Gasteiger partial charge in [0.15, 0.2) is 0 Å². The highest BCUT2D eigenvalue weighted by molar-refractivity contribution is 5.38. The van der Waals surface area contributed by atoms with Gasteiger partial charge >= 0.3 is 0 Å². The van der Waals surface area contributed by atoms with Crippen molar-refractivity contribution in [1.29, 1.82) is 0 Å². The molecule has 2 aliphatic heterocycles. The molecule has 0 fully saturated rings. The van der Waals surface area contributed by atoms with Crippen molar-refractivity contribution in [3.05, 3.63) is 69.8 Å². The third kappa shape index (κ3) is 4.81. The minimum absolute atomic E-state index is 0.239. The highest BCUT2D eigenvalue weighted by Crippen LogP contribution is 2.29. The summed E-state index contributed by atoms with van der Waals surface area (Å²) in [4.78, 5) is 0. The van der Waals surface area contributed by atoms with E-state index in [0.717, 1.165) is 39.1 Å². The summed E-state index contributed by atoms with van der Waals surface area (Å²) < 4.78 is 11.5. The maximum Gasteiger partial charge on any atom is 0.0951 e. The molecular formula is C24H34N2O2. The van der Waals surface area contributed by atoms with Gasteiger partial charge in [-0.3, -0.25) is 0 Å². The van der Waals surface area contributed by atoms with Gasteiger partial charge in [0.1, 0.15) is 0 Å². The van der Waals surface area contributed by atoms with Crippen LogP contribution in [-0.2, 0) is 22.3 Å². The van der Waals surface area contributed by atoms with Crippen LogP contribution < -0.4 is 10.6 Å². The van der Waals surface area contributed by atoms with Crippen molar-refractivity contribution in [3.63, 3.8) is 0 Å². The lowest BCUT2D eigenvalue weighted by Crippen LogP contribution is -2.25. The van der Waals surface area contributed by atoms with Crippen molar-refractivity contribution in [2.24, 2.45) is 0 Å². The van der Waals surface area contributed by atoms with Crippen molar-refractivity contribution < 1.29 is 9.47 Å². The Bertz CT molecular complexity index is 710. The lowest BCUT2D eigenvalue weighted by molar-refractivity contribution is 0.0435. The van der Waals surface area contributed by atoms with Crippen LogP contribution in [0.25, 0.3) is 0 Å². The molecule has 2 atom stereocenters. The van der Waals surface area contributed by atoms with Crippen LogP contribution >= 0.6 is 0 Å². The molecule has 2 aromatic carbocycles. The summed E-state index contributed by atoms with van der Waals surface area (Å²) in [6.45, 7) is 7.86. The molecule has 4 rings (SSSR count). The molecule has 2 N–H and O–H groups in total. The van der Waals surface area contributed by atoms with E-state index >= 15 is 0 Å². The Morgan fingerprint density at radius 1 is 0.750 bits per heavy atom. The lowest BCUT2D eigenvalue weighted by Gasteiger charge is -2.27. The minimum atomic E-state index is 0.239. The van der Waals surface area contributed by atoms with Crippen LogP contribution in [0.3, 0.4) is 0 Å². The van der Waals surface area contributed by atoms with E-state index in [4.69, 9.17) is 9.47 Å². The van der Waals surface area contributed by atoms with Crippen LogP contribution in [0.1, 0.15) is 45.6 Å². The van der Waals surface area contributed by atoms with Crippen LogP contribution in [0.15, 0.2) is 36.4 Å². The monoisotopic (exact) mass is 382 g/mol. The summed E-state index contributed by atoms with van der Waals surface area (Å²) in [5.74, 6) is 0. The third-order valence-corrected chi connectivity index (χ3v) is 5.71. The van der Waals surface area contributed by atoms with Gasteiger partial charge in [-0.05, 0) is 74.2 Å². The van der Waals surface area contributed by atoms with Crippen molar-refractivity contribution in [2.45, 2.75) is 38.9 Å². The molecule has 0 spiro atoms. The summed E-state index contributed by atoms with van der Waals surface area (Å²) in [5.41, 5.74) is 8.49. The Hall–Kier alpha value is -1.72. The molecule has 2 aromatic rings. The van der Waals surface area contributed by atoms with E-state index in [1.54, 1.807) is 0 Å². The largest absolute Gasteiger partial charge is 0.372 e. The van der Waals surface area contributed by atoms with E-state index in [2.05, 4.69) is 60.9 Å². The average molecular weight is 383 g/mol. The number of benzene rings is 2. The molecule has 152 valence electrons. The summed E-state index contributed by atoms with van der Waals surface area (Å²) >= 11 is 0. The fourth-order valence-corrected chi connectivity index (χ4v) is 4.23. The molecule has 0 bridgehead atoms. The number of hydrogen-bond donors (Lipinski definition) is 2. The summed E-state index contributed by atoms with van der Waals surface area (Å²) in [6, 6.07) is 13.0. The Morgan fingerprint density at radius 3 is 1.57 bits per heavy atom. The van der Waals surface area contributed by atoms with Crippen LogP contribution in [0.2, 0.25) is 0 Å². The van der Waals surface area contributed by atoms with E-state index in [1.807, 2.05) is 14.1 Å². The standard InChI is InChI=1S/2C12H17NO/c2*1-9-4-3-5-11-10(9)6-7-14-12(11)8-13-2/h2*3-5,12-13H,6-8H2,1-2H3/t2*12-/m10/s1. The second-order valence-electron chi connectivity index (χ2n) is 7.62. The highest BCUT2D eigenvalue weighted by Gasteiger charge is 2.21. The smallest absolute Gasteiger partial charge is 0.0951 e. The summed E-state index contributed by atoms with van der Waals surface area (Å²) in [6.07, 6.45) is 2.59. The van der Waals surface area contributed by atoms with E-state index in [-0.39, 0.29) is 12.2 Å². The van der Waals surface area contributed by atoms with Gasteiger partial charge in [0.25, 0.3) is 0 Å². The Labute approximate surface area is 169 Å². The fraction of sp³-hybridized carbons (Fsp3) is 0.500. The number of aryl methyl sites for hydroxylation is 2. The number of fused-ring (bicyclic) bond motifs is 2. The maximum absolute atomic E-state index is 5.74. The van der Waals surface area contributed by atoms with Crippen molar-refractivity contribution >= 4 is 0 Å². The average Bonchev–Trinajstić information content (AvgIpc) is 2.71. The second-order valence-corrected chi connectivity index (χ2v) is 7.62. The van der Waals surface area contributed by atoms with Gasteiger partial charge in [-0.1, -0.05) is 36.4 Å². The normalized spacial score (nSPS) is 20.6. The van der Waals surface area contributed by atoms with Crippen LogP contribution in [0.5, 0.6) is 0 Å². The SMILES string of the molecule is CNC[C@@H]1OCCc2c(C)cccc21.CNC[C@H]1OCCc2c(C)cccc21. The quantitative estimate of drug-likeness (QED) is 0.847. The molecule has 0 saturated heterocycles. The zero-order chi connectivity index (χ0) is 19.9. The zero-order valence-electron chi connectivity index (χ0n) is 17.7. The van der Waals surface area contributed by atoms with Gasteiger partial charge in [-0.15, -0.1) is 0 Å². The zero-order valence-corrected chi connectivity index (χ0v) is 17.7. The van der Waals surface area contributed by atoms with Gasteiger partial charge < -0.3 is 20.1 Å². The molecule has 0 aromatic heterocycles. The van der Waals surface area contributed by atoms with Crippen molar-refractivity contribution in [2.75, 3.05) is 40.4 Å². The molecule has 0 unspecified atom stereocenters. The lowest BCUT2D eigenvalue weighted by atomic mass is 9.93.